The van der Waals surface area contributed by atoms with Crippen molar-refractivity contribution in [3.8, 4) is 11.5 Å². The maximum absolute atomic E-state index is 13.5. The highest BCUT2D eigenvalue weighted by molar-refractivity contribution is 8.04. The van der Waals surface area contributed by atoms with E-state index < -0.39 is 0 Å². The average Bonchev–Trinajstić information content (AvgIpc) is 2.95. The van der Waals surface area contributed by atoms with Crippen LogP contribution in [0.25, 0.3) is 6.08 Å². The van der Waals surface area contributed by atoms with Gasteiger partial charge in [0.1, 0.15) is 11.5 Å². The van der Waals surface area contributed by atoms with E-state index in [-0.39, 0.29) is 23.8 Å². The van der Waals surface area contributed by atoms with Crippen molar-refractivity contribution >= 4 is 35.3 Å². The first-order valence-electron chi connectivity index (χ1n) is 12.9. The van der Waals surface area contributed by atoms with Gasteiger partial charge in [0.05, 0.1) is 24.8 Å². The Bertz CT molecular complexity index is 1160. The summed E-state index contributed by atoms with van der Waals surface area (Å²) in [4.78, 5) is 33.7. The van der Waals surface area contributed by atoms with Crippen molar-refractivity contribution in [1.82, 2.24) is 9.80 Å². The molecule has 1 saturated carbocycles. The van der Waals surface area contributed by atoms with E-state index in [0.717, 1.165) is 60.0 Å². The number of likely N-dealkylation sites (N-methyl/N-ethyl adjacent to an activating group) is 1. The summed E-state index contributed by atoms with van der Waals surface area (Å²) < 4.78 is 10.8. The fourth-order valence-electron chi connectivity index (χ4n) is 5.69. The van der Waals surface area contributed by atoms with Crippen molar-refractivity contribution in [3.63, 3.8) is 0 Å². The number of methoxy groups -OCH3 is 2. The van der Waals surface area contributed by atoms with Gasteiger partial charge in [-0.3, -0.25) is 9.59 Å². The van der Waals surface area contributed by atoms with Crippen LogP contribution in [0.2, 0.25) is 0 Å². The van der Waals surface area contributed by atoms with Crippen LogP contribution in [0, 0.1) is 5.92 Å². The summed E-state index contributed by atoms with van der Waals surface area (Å²) in [6.45, 7) is 3.00. The Kier molecular flexibility index (Phi) is 7.65. The first-order valence-corrected chi connectivity index (χ1v) is 13.8. The Morgan fingerprint density at radius 3 is 2.41 bits per heavy atom. The number of rotatable bonds is 5. The minimum absolute atomic E-state index is 0.0259. The number of amides is 2. The maximum Gasteiger partial charge on any atom is 0.260 e. The number of hydrogen-bond acceptors (Lipinski definition) is 6. The molecule has 196 valence electrons. The van der Waals surface area contributed by atoms with E-state index in [1.54, 1.807) is 26.0 Å². The molecular formula is C29H35N3O4S. The highest BCUT2D eigenvalue weighted by Crippen LogP contribution is 2.43. The number of para-hydroxylation sites is 2. The lowest BCUT2D eigenvalue weighted by atomic mass is 9.83. The number of piperazine rings is 1. The number of hydrogen-bond donors (Lipinski definition) is 0. The Morgan fingerprint density at radius 2 is 1.70 bits per heavy atom. The van der Waals surface area contributed by atoms with Gasteiger partial charge in [-0.25, -0.2) is 0 Å². The third kappa shape index (κ3) is 5.30. The third-order valence-corrected chi connectivity index (χ3v) is 9.24. The number of nitrogens with zero attached hydrogens (tertiary/aromatic N) is 3. The lowest BCUT2D eigenvalue weighted by molar-refractivity contribution is -0.139. The van der Waals surface area contributed by atoms with Crippen molar-refractivity contribution in [1.29, 1.82) is 0 Å². The molecule has 0 bridgehead atoms. The van der Waals surface area contributed by atoms with Crippen LogP contribution >= 0.6 is 11.8 Å². The van der Waals surface area contributed by atoms with Crippen molar-refractivity contribution < 1.29 is 19.1 Å². The highest BCUT2D eigenvalue weighted by Gasteiger charge is 2.43. The fourth-order valence-corrected chi connectivity index (χ4v) is 7.17. The van der Waals surface area contributed by atoms with Crippen LogP contribution in [0.5, 0.6) is 11.5 Å². The molecule has 2 amide bonds. The Morgan fingerprint density at radius 1 is 0.973 bits per heavy atom. The first-order chi connectivity index (χ1) is 18.0. The largest absolute Gasteiger partial charge is 0.497 e. The summed E-state index contributed by atoms with van der Waals surface area (Å²) >= 11 is 1.68. The van der Waals surface area contributed by atoms with E-state index in [9.17, 15) is 9.59 Å². The molecule has 2 saturated heterocycles. The lowest BCUT2D eigenvalue weighted by Gasteiger charge is -2.45. The summed E-state index contributed by atoms with van der Waals surface area (Å²) in [5, 5.41) is 0.318. The molecule has 5 rings (SSSR count). The van der Waals surface area contributed by atoms with Crippen LogP contribution in [0.1, 0.15) is 24.8 Å². The molecular weight excluding hydrogens is 486 g/mol. The van der Waals surface area contributed by atoms with Gasteiger partial charge < -0.3 is 24.2 Å². The van der Waals surface area contributed by atoms with Gasteiger partial charge in [-0.2, -0.15) is 0 Å². The molecule has 2 heterocycles. The van der Waals surface area contributed by atoms with Crippen molar-refractivity contribution in [2.45, 2.75) is 30.6 Å². The van der Waals surface area contributed by atoms with Gasteiger partial charge in [0.25, 0.3) is 5.91 Å². The van der Waals surface area contributed by atoms with E-state index in [1.807, 2.05) is 65.4 Å². The Labute approximate surface area is 223 Å². The Balaban J connectivity index is 1.20. The molecule has 2 aliphatic heterocycles. The van der Waals surface area contributed by atoms with Gasteiger partial charge in [0.2, 0.25) is 5.91 Å². The molecule has 0 radical (unpaired) electrons. The minimum atomic E-state index is -0.0259. The summed E-state index contributed by atoms with van der Waals surface area (Å²) in [5.41, 5.74) is 2.06. The lowest BCUT2D eigenvalue weighted by Crippen LogP contribution is -2.55. The smallest absolute Gasteiger partial charge is 0.260 e. The summed E-state index contributed by atoms with van der Waals surface area (Å²) in [7, 11) is 5.23. The van der Waals surface area contributed by atoms with E-state index in [4.69, 9.17) is 9.47 Å². The maximum atomic E-state index is 13.5. The molecule has 2 aromatic rings. The van der Waals surface area contributed by atoms with Gasteiger partial charge in [-0.15, -0.1) is 11.8 Å². The molecule has 0 spiro atoms. The number of thioether (sulfide) groups is 1. The third-order valence-electron chi connectivity index (χ3n) is 7.84. The average molecular weight is 522 g/mol. The number of ether oxygens (including phenoxy) is 2. The molecule has 3 fully saturated rings. The second-order valence-corrected chi connectivity index (χ2v) is 11.2. The fraction of sp³-hybridized carbons (Fsp3) is 0.448. The quantitative estimate of drug-likeness (QED) is 0.552. The zero-order chi connectivity index (χ0) is 25.9. The van der Waals surface area contributed by atoms with E-state index in [0.29, 0.717) is 18.3 Å². The predicted molar refractivity (Wildman–Crippen MR) is 148 cm³/mol. The number of fused-ring (bicyclic) bond motifs is 1. The standard InChI is InChI=1S/C29H35N3O4S/c1-30-24-19-21(28(33)32-16-14-31(15-17-32)23-6-4-5-7-25(23)36-3)10-13-26(24)37-27(29(30)34)18-20-8-11-22(35-2)12-9-20/h4-9,11-12,18,21,24,26H,10,13-17,19H2,1-3H3/b27-18-. The second-order valence-electron chi connectivity index (χ2n) is 9.92. The normalized spacial score (nSPS) is 25.2. The molecule has 8 heteroatoms. The number of benzene rings is 2. The summed E-state index contributed by atoms with van der Waals surface area (Å²) in [5.74, 6) is 1.92. The monoisotopic (exact) mass is 521 g/mol. The molecule has 3 unspecified atom stereocenters. The molecule has 2 aromatic carbocycles. The zero-order valence-electron chi connectivity index (χ0n) is 21.8. The van der Waals surface area contributed by atoms with Crippen LogP contribution in [0.15, 0.2) is 53.4 Å². The molecule has 7 nitrogen and oxygen atoms in total. The van der Waals surface area contributed by atoms with Gasteiger partial charge in [-0.05, 0) is 55.2 Å². The van der Waals surface area contributed by atoms with Crippen molar-refractivity contribution in [2.24, 2.45) is 5.92 Å². The van der Waals surface area contributed by atoms with Gasteiger partial charge >= 0.3 is 0 Å². The SMILES string of the molecule is COc1ccc(/C=C2\SC3CCC(C(=O)N4CCN(c5ccccc5OC)CC4)CC3N(C)C2=O)cc1. The van der Waals surface area contributed by atoms with Crippen LogP contribution in [0.3, 0.4) is 0 Å². The number of anilines is 1. The van der Waals surface area contributed by atoms with Crippen molar-refractivity contribution in [2.75, 3.05) is 52.3 Å². The van der Waals surface area contributed by atoms with Crippen molar-refractivity contribution in [3.05, 3.63) is 59.0 Å². The second kappa shape index (κ2) is 11.1. The summed E-state index contributed by atoms with van der Waals surface area (Å²) in [6, 6.07) is 15.9. The molecule has 0 N–H and O–H groups in total. The topological polar surface area (TPSA) is 62.3 Å². The Hall–Kier alpha value is -3.13. The first kappa shape index (κ1) is 25.5. The number of carbonyl (C=O) groups is 2. The predicted octanol–water partition coefficient (Wildman–Crippen LogP) is 4.14. The van der Waals surface area contributed by atoms with E-state index >= 15 is 0 Å². The van der Waals surface area contributed by atoms with Gasteiger partial charge in [0.15, 0.2) is 0 Å². The molecule has 0 aromatic heterocycles. The van der Waals surface area contributed by atoms with Crippen LogP contribution in [-0.4, -0.2) is 80.4 Å². The van der Waals surface area contributed by atoms with Gasteiger partial charge in [0, 0.05) is 50.4 Å². The van der Waals surface area contributed by atoms with Gasteiger partial charge in [-0.1, -0.05) is 24.3 Å². The highest BCUT2D eigenvalue weighted by atomic mass is 32.2. The number of carbonyl (C=O) groups excluding carboxylic acids is 2. The summed E-state index contributed by atoms with van der Waals surface area (Å²) in [6.07, 6.45) is 4.51. The molecule has 37 heavy (non-hydrogen) atoms. The van der Waals surface area contributed by atoms with Crippen LogP contribution in [-0.2, 0) is 9.59 Å². The van der Waals surface area contributed by atoms with E-state index in [1.165, 1.54) is 0 Å². The van der Waals surface area contributed by atoms with Crippen LogP contribution in [0.4, 0.5) is 5.69 Å². The van der Waals surface area contributed by atoms with E-state index in [2.05, 4.69) is 11.0 Å². The molecule has 3 aliphatic rings. The zero-order valence-corrected chi connectivity index (χ0v) is 22.6. The molecule has 3 atom stereocenters. The minimum Gasteiger partial charge on any atom is -0.497 e. The molecule has 1 aliphatic carbocycles. The van der Waals surface area contributed by atoms with Crippen LogP contribution < -0.4 is 14.4 Å².